The number of methoxy groups -OCH3 is 1. The van der Waals surface area contributed by atoms with Crippen molar-refractivity contribution in [3.05, 3.63) is 36.7 Å². The Balaban J connectivity index is 1.80. The van der Waals surface area contributed by atoms with Gasteiger partial charge in [0.05, 0.1) is 12.8 Å². The number of ether oxygens (including phenoxy) is 1. The molecule has 0 aliphatic carbocycles. The molecule has 1 aliphatic heterocycles. The SMILES string of the molecule is COc1ccccc1-c1cc(NC(=O)C2CCCN2C(=O)O)ncn1. The Kier molecular flexibility index (Phi) is 4.78. The number of nitrogens with zero attached hydrogens (tertiary/aromatic N) is 3. The van der Waals surface area contributed by atoms with E-state index in [0.717, 1.165) is 10.5 Å². The lowest BCUT2D eigenvalue weighted by atomic mass is 10.1. The first-order valence-corrected chi connectivity index (χ1v) is 7.86. The molecule has 8 nitrogen and oxygen atoms in total. The van der Waals surface area contributed by atoms with Gasteiger partial charge in [0.2, 0.25) is 5.91 Å². The van der Waals surface area contributed by atoms with E-state index in [1.54, 1.807) is 13.2 Å². The Morgan fingerprint density at radius 3 is 2.88 bits per heavy atom. The highest BCUT2D eigenvalue weighted by Gasteiger charge is 2.34. The summed E-state index contributed by atoms with van der Waals surface area (Å²) in [5, 5.41) is 11.8. The van der Waals surface area contributed by atoms with Crippen LogP contribution in [0.25, 0.3) is 11.3 Å². The molecule has 0 bridgehead atoms. The first-order valence-electron chi connectivity index (χ1n) is 7.86. The molecular formula is C17H18N4O4. The van der Waals surface area contributed by atoms with E-state index in [9.17, 15) is 9.59 Å². The van der Waals surface area contributed by atoms with Crippen LogP contribution in [0.4, 0.5) is 10.6 Å². The lowest BCUT2D eigenvalue weighted by Gasteiger charge is -2.20. The molecule has 0 saturated carbocycles. The van der Waals surface area contributed by atoms with Crippen molar-refractivity contribution in [2.24, 2.45) is 0 Å². The van der Waals surface area contributed by atoms with E-state index >= 15 is 0 Å². The minimum absolute atomic E-state index is 0.318. The van der Waals surface area contributed by atoms with Crippen molar-refractivity contribution in [1.29, 1.82) is 0 Å². The number of amides is 2. The number of carbonyl (C=O) groups excluding carboxylic acids is 1. The predicted octanol–water partition coefficient (Wildman–Crippen LogP) is 2.23. The van der Waals surface area contributed by atoms with Crippen LogP contribution >= 0.6 is 0 Å². The molecule has 0 radical (unpaired) electrons. The molecular weight excluding hydrogens is 324 g/mol. The molecule has 3 rings (SSSR count). The van der Waals surface area contributed by atoms with Crippen LogP contribution in [0.15, 0.2) is 36.7 Å². The fourth-order valence-electron chi connectivity index (χ4n) is 2.91. The highest BCUT2D eigenvalue weighted by atomic mass is 16.5. The van der Waals surface area contributed by atoms with Gasteiger partial charge in [-0.25, -0.2) is 14.8 Å². The van der Waals surface area contributed by atoms with Gasteiger partial charge in [-0.2, -0.15) is 0 Å². The van der Waals surface area contributed by atoms with E-state index in [2.05, 4.69) is 15.3 Å². The van der Waals surface area contributed by atoms with Gasteiger partial charge in [-0.3, -0.25) is 9.69 Å². The molecule has 1 aromatic heterocycles. The third kappa shape index (κ3) is 3.52. The molecule has 1 aliphatic rings. The highest BCUT2D eigenvalue weighted by Crippen LogP contribution is 2.29. The van der Waals surface area contributed by atoms with Gasteiger partial charge in [-0.1, -0.05) is 12.1 Å². The number of aromatic nitrogens is 2. The minimum Gasteiger partial charge on any atom is -0.496 e. The van der Waals surface area contributed by atoms with E-state index in [-0.39, 0.29) is 5.91 Å². The third-order valence-corrected chi connectivity index (χ3v) is 4.10. The third-order valence-electron chi connectivity index (χ3n) is 4.10. The van der Waals surface area contributed by atoms with Crippen molar-refractivity contribution < 1.29 is 19.4 Å². The largest absolute Gasteiger partial charge is 0.496 e. The summed E-state index contributed by atoms with van der Waals surface area (Å²) in [7, 11) is 1.57. The number of carbonyl (C=O) groups is 2. The lowest BCUT2D eigenvalue weighted by Crippen LogP contribution is -2.42. The molecule has 1 unspecified atom stereocenters. The standard InChI is InChI=1S/C17H18N4O4/c1-25-14-7-3-2-5-11(14)12-9-15(19-10-18-12)20-16(22)13-6-4-8-21(13)17(23)24/h2-3,5,7,9-10,13H,4,6,8H2,1H3,(H,23,24)(H,18,19,20,22). The predicted molar refractivity (Wildman–Crippen MR) is 90.4 cm³/mol. The zero-order valence-electron chi connectivity index (χ0n) is 13.7. The second-order valence-corrected chi connectivity index (χ2v) is 5.61. The summed E-state index contributed by atoms with van der Waals surface area (Å²) >= 11 is 0. The summed E-state index contributed by atoms with van der Waals surface area (Å²) in [6.07, 6.45) is 1.43. The molecule has 2 N–H and O–H groups in total. The Hall–Kier alpha value is -3.16. The fraction of sp³-hybridized carbons (Fsp3) is 0.294. The van der Waals surface area contributed by atoms with Crippen molar-refractivity contribution in [2.75, 3.05) is 19.0 Å². The second kappa shape index (κ2) is 7.16. The van der Waals surface area contributed by atoms with Crippen LogP contribution in [0.2, 0.25) is 0 Å². The van der Waals surface area contributed by atoms with Crippen molar-refractivity contribution in [3.8, 4) is 17.0 Å². The Labute approximate surface area is 144 Å². The minimum atomic E-state index is -1.09. The smallest absolute Gasteiger partial charge is 0.407 e. The van der Waals surface area contributed by atoms with Crippen molar-refractivity contribution in [3.63, 3.8) is 0 Å². The number of rotatable bonds is 4. The van der Waals surface area contributed by atoms with Gasteiger partial charge in [0.1, 0.15) is 23.9 Å². The van der Waals surface area contributed by atoms with Crippen LogP contribution in [0.3, 0.4) is 0 Å². The summed E-state index contributed by atoms with van der Waals surface area (Å²) in [6, 6.07) is 8.33. The van der Waals surface area contributed by atoms with E-state index in [4.69, 9.17) is 9.84 Å². The summed E-state index contributed by atoms with van der Waals surface area (Å²) < 4.78 is 5.32. The molecule has 2 heterocycles. The van der Waals surface area contributed by atoms with Crippen LogP contribution < -0.4 is 10.1 Å². The highest BCUT2D eigenvalue weighted by molar-refractivity contribution is 5.96. The van der Waals surface area contributed by atoms with Crippen LogP contribution in [-0.4, -0.2) is 51.7 Å². The van der Waals surface area contributed by atoms with Crippen LogP contribution in [0.5, 0.6) is 5.75 Å². The van der Waals surface area contributed by atoms with E-state index in [0.29, 0.717) is 36.6 Å². The summed E-state index contributed by atoms with van der Waals surface area (Å²) in [5.74, 6) is 0.592. The average Bonchev–Trinajstić information content (AvgIpc) is 3.12. The van der Waals surface area contributed by atoms with Crippen LogP contribution in [-0.2, 0) is 4.79 Å². The maximum absolute atomic E-state index is 12.4. The van der Waals surface area contributed by atoms with E-state index < -0.39 is 12.1 Å². The number of carboxylic acid groups (broad SMARTS) is 1. The monoisotopic (exact) mass is 342 g/mol. The number of hydrogen-bond donors (Lipinski definition) is 2. The summed E-state index contributed by atoms with van der Waals surface area (Å²) in [5.41, 5.74) is 1.38. The molecule has 0 spiro atoms. The molecule has 1 aromatic carbocycles. The maximum Gasteiger partial charge on any atom is 0.407 e. The van der Waals surface area contributed by atoms with Gasteiger partial charge in [0.25, 0.3) is 0 Å². The average molecular weight is 342 g/mol. The van der Waals surface area contributed by atoms with Gasteiger partial charge in [0.15, 0.2) is 0 Å². The zero-order valence-corrected chi connectivity index (χ0v) is 13.7. The van der Waals surface area contributed by atoms with Crippen molar-refractivity contribution in [1.82, 2.24) is 14.9 Å². The number of hydrogen-bond acceptors (Lipinski definition) is 5. The van der Waals surface area contributed by atoms with Gasteiger partial charge in [-0.05, 0) is 25.0 Å². The molecule has 1 saturated heterocycles. The molecule has 25 heavy (non-hydrogen) atoms. The topological polar surface area (TPSA) is 105 Å². The van der Waals surface area contributed by atoms with E-state index in [1.165, 1.54) is 6.33 Å². The molecule has 1 atom stereocenters. The summed E-state index contributed by atoms with van der Waals surface area (Å²) in [6.45, 7) is 0.365. The zero-order chi connectivity index (χ0) is 17.8. The number of para-hydroxylation sites is 1. The van der Waals surface area contributed by atoms with Crippen LogP contribution in [0.1, 0.15) is 12.8 Å². The van der Waals surface area contributed by atoms with Crippen LogP contribution in [0, 0.1) is 0 Å². The van der Waals surface area contributed by atoms with Crippen molar-refractivity contribution in [2.45, 2.75) is 18.9 Å². The Bertz CT molecular complexity index is 796. The lowest BCUT2D eigenvalue weighted by molar-refractivity contribution is -0.119. The van der Waals surface area contributed by atoms with Crippen molar-refractivity contribution >= 4 is 17.8 Å². The summed E-state index contributed by atoms with van der Waals surface area (Å²) in [4.78, 5) is 33.0. The normalized spacial score (nSPS) is 16.5. The molecule has 2 aromatic rings. The number of likely N-dealkylation sites (tertiary alicyclic amines) is 1. The molecule has 1 fully saturated rings. The first-order chi connectivity index (χ1) is 12.1. The fourth-order valence-corrected chi connectivity index (χ4v) is 2.91. The van der Waals surface area contributed by atoms with Gasteiger partial charge < -0.3 is 15.2 Å². The molecule has 8 heteroatoms. The van der Waals surface area contributed by atoms with Gasteiger partial charge in [-0.15, -0.1) is 0 Å². The number of benzene rings is 1. The maximum atomic E-state index is 12.4. The number of anilines is 1. The molecule has 130 valence electrons. The Morgan fingerprint density at radius 2 is 2.12 bits per heavy atom. The molecule has 2 amide bonds. The quantitative estimate of drug-likeness (QED) is 0.883. The first kappa shape index (κ1) is 16.7. The Morgan fingerprint density at radius 1 is 1.32 bits per heavy atom. The van der Waals surface area contributed by atoms with Gasteiger partial charge >= 0.3 is 6.09 Å². The van der Waals surface area contributed by atoms with E-state index in [1.807, 2.05) is 24.3 Å². The van der Waals surface area contributed by atoms with Gasteiger partial charge in [0, 0.05) is 18.2 Å². The second-order valence-electron chi connectivity index (χ2n) is 5.61. The number of nitrogens with one attached hydrogen (secondary N) is 1.